The molecule has 0 saturated heterocycles. The van der Waals surface area contributed by atoms with Crippen molar-refractivity contribution < 1.29 is 4.79 Å². The van der Waals surface area contributed by atoms with Crippen molar-refractivity contribution in [2.75, 3.05) is 0 Å². The minimum atomic E-state index is 0.362. The number of hydrogen-bond donors (Lipinski definition) is 0. The molecular formula is C10H18O. The highest BCUT2D eigenvalue weighted by atomic mass is 16.1. The zero-order valence-electron chi connectivity index (χ0n) is 7.92. The van der Waals surface area contributed by atoms with Crippen LogP contribution in [0.15, 0.2) is 11.6 Å². The number of carbonyl (C=O) groups is 1. The normalized spacial score (nSPS) is 15.2. The first-order valence-electron chi connectivity index (χ1n) is 4.28. The highest BCUT2D eigenvalue weighted by molar-refractivity contribution is 5.73. The maximum Gasteiger partial charge on any atom is 0.145 e. The molecule has 0 aliphatic carbocycles. The molecule has 0 amide bonds. The fraction of sp³-hybridized carbons (Fsp3) is 0.700. The first-order valence-corrected chi connectivity index (χ1v) is 4.28. The third-order valence-corrected chi connectivity index (χ3v) is 1.92. The van der Waals surface area contributed by atoms with Crippen molar-refractivity contribution in [3.8, 4) is 0 Å². The average Bonchev–Trinajstić information content (AvgIpc) is 1.99. The van der Waals surface area contributed by atoms with Crippen LogP contribution in [0.2, 0.25) is 0 Å². The van der Waals surface area contributed by atoms with Crippen molar-refractivity contribution in [3.63, 3.8) is 0 Å². The zero-order chi connectivity index (χ0) is 8.85. The standard InChI is InChI=1S/C10H18O/c1-5-9(4)6-10(7-11)8(2)3/h6-9H,5H2,1-4H3. The summed E-state index contributed by atoms with van der Waals surface area (Å²) >= 11 is 0. The van der Waals surface area contributed by atoms with Crippen LogP contribution in [0, 0.1) is 11.8 Å². The van der Waals surface area contributed by atoms with Gasteiger partial charge in [-0.2, -0.15) is 0 Å². The van der Waals surface area contributed by atoms with Crippen molar-refractivity contribution in [1.29, 1.82) is 0 Å². The van der Waals surface area contributed by atoms with Gasteiger partial charge < -0.3 is 0 Å². The topological polar surface area (TPSA) is 17.1 Å². The molecule has 64 valence electrons. The summed E-state index contributed by atoms with van der Waals surface area (Å²) in [6.45, 7) is 8.35. The summed E-state index contributed by atoms with van der Waals surface area (Å²) in [4.78, 5) is 10.5. The zero-order valence-corrected chi connectivity index (χ0v) is 7.92. The molecule has 1 atom stereocenters. The molecule has 0 rings (SSSR count). The molecule has 0 aliphatic rings. The molecule has 0 aromatic carbocycles. The van der Waals surface area contributed by atoms with Crippen molar-refractivity contribution in [1.82, 2.24) is 0 Å². The highest BCUT2D eigenvalue weighted by Crippen LogP contribution is 2.12. The first-order chi connectivity index (χ1) is 5.11. The molecule has 0 bridgehead atoms. The van der Waals surface area contributed by atoms with Gasteiger partial charge in [0.2, 0.25) is 0 Å². The monoisotopic (exact) mass is 154 g/mol. The van der Waals surface area contributed by atoms with Gasteiger partial charge >= 0.3 is 0 Å². The van der Waals surface area contributed by atoms with Crippen molar-refractivity contribution >= 4 is 6.29 Å². The molecule has 0 aliphatic heterocycles. The van der Waals surface area contributed by atoms with Crippen LogP contribution in [0.4, 0.5) is 0 Å². The Balaban J connectivity index is 4.22. The Labute approximate surface area is 69.5 Å². The van der Waals surface area contributed by atoms with E-state index in [1.54, 1.807) is 0 Å². The Hall–Kier alpha value is -0.590. The van der Waals surface area contributed by atoms with Crippen molar-refractivity contribution in [2.24, 2.45) is 11.8 Å². The molecule has 11 heavy (non-hydrogen) atoms. The molecule has 0 heterocycles. The van der Waals surface area contributed by atoms with Crippen LogP contribution < -0.4 is 0 Å². The van der Waals surface area contributed by atoms with Crippen molar-refractivity contribution in [3.05, 3.63) is 11.6 Å². The summed E-state index contributed by atoms with van der Waals surface area (Å²) in [6, 6.07) is 0. The number of rotatable bonds is 4. The first kappa shape index (κ1) is 10.4. The van der Waals surface area contributed by atoms with Crippen LogP contribution in [-0.2, 0) is 4.79 Å². The van der Waals surface area contributed by atoms with E-state index < -0.39 is 0 Å². The molecule has 0 fully saturated rings. The van der Waals surface area contributed by atoms with Crippen LogP contribution in [0.3, 0.4) is 0 Å². The van der Waals surface area contributed by atoms with E-state index in [1.165, 1.54) is 0 Å². The van der Waals surface area contributed by atoms with Crippen molar-refractivity contribution in [2.45, 2.75) is 34.1 Å². The Morgan fingerprint density at radius 2 is 1.91 bits per heavy atom. The van der Waals surface area contributed by atoms with E-state index in [4.69, 9.17) is 0 Å². The van der Waals surface area contributed by atoms with Gasteiger partial charge in [0.05, 0.1) is 0 Å². The van der Waals surface area contributed by atoms with Gasteiger partial charge in [-0.15, -0.1) is 0 Å². The number of aldehydes is 1. The SMILES string of the molecule is CCC(C)C=C(C=O)C(C)C. The molecular weight excluding hydrogens is 136 g/mol. The second-order valence-corrected chi connectivity index (χ2v) is 3.32. The molecule has 0 N–H and O–H groups in total. The van der Waals surface area contributed by atoms with Crippen LogP contribution in [0.5, 0.6) is 0 Å². The van der Waals surface area contributed by atoms with Gasteiger partial charge in [0, 0.05) is 0 Å². The summed E-state index contributed by atoms with van der Waals surface area (Å²) in [7, 11) is 0. The Kier molecular flexibility index (Phi) is 4.84. The molecule has 0 spiro atoms. The summed E-state index contributed by atoms with van der Waals surface area (Å²) in [6.07, 6.45) is 4.14. The summed E-state index contributed by atoms with van der Waals surface area (Å²) < 4.78 is 0. The molecule has 0 saturated carbocycles. The largest absolute Gasteiger partial charge is 0.298 e. The molecule has 0 radical (unpaired) electrons. The van der Waals surface area contributed by atoms with E-state index in [2.05, 4.69) is 19.9 Å². The van der Waals surface area contributed by atoms with Gasteiger partial charge in [0.15, 0.2) is 0 Å². The van der Waals surface area contributed by atoms with Gasteiger partial charge in [-0.05, 0) is 17.4 Å². The van der Waals surface area contributed by atoms with Crippen LogP contribution in [0.1, 0.15) is 34.1 Å². The second-order valence-electron chi connectivity index (χ2n) is 3.32. The van der Waals surface area contributed by atoms with E-state index in [9.17, 15) is 4.79 Å². The average molecular weight is 154 g/mol. The minimum absolute atomic E-state index is 0.362. The Morgan fingerprint density at radius 1 is 1.36 bits per heavy atom. The van der Waals surface area contributed by atoms with E-state index in [0.717, 1.165) is 18.3 Å². The van der Waals surface area contributed by atoms with E-state index in [-0.39, 0.29) is 0 Å². The molecule has 0 aromatic heterocycles. The van der Waals surface area contributed by atoms with Crippen LogP contribution in [-0.4, -0.2) is 6.29 Å². The fourth-order valence-corrected chi connectivity index (χ4v) is 0.814. The summed E-state index contributed by atoms with van der Waals surface area (Å²) in [5.41, 5.74) is 0.930. The number of allylic oxidation sites excluding steroid dienone is 2. The van der Waals surface area contributed by atoms with Crippen LogP contribution in [0.25, 0.3) is 0 Å². The minimum Gasteiger partial charge on any atom is -0.298 e. The van der Waals surface area contributed by atoms with E-state index in [1.807, 2.05) is 13.8 Å². The molecule has 1 nitrogen and oxygen atoms in total. The smallest absolute Gasteiger partial charge is 0.145 e. The predicted octanol–water partition coefficient (Wildman–Crippen LogP) is 2.81. The lowest BCUT2D eigenvalue weighted by Crippen LogP contribution is -1.98. The fourth-order valence-electron chi connectivity index (χ4n) is 0.814. The highest BCUT2D eigenvalue weighted by Gasteiger charge is 2.02. The van der Waals surface area contributed by atoms with Gasteiger partial charge in [0.1, 0.15) is 6.29 Å². The second kappa shape index (κ2) is 5.11. The maximum atomic E-state index is 10.5. The van der Waals surface area contributed by atoms with E-state index >= 15 is 0 Å². The number of hydrogen-bond acceptors (Lipinski definition) is 1. The lowest BCUT2D eigenvalue weighted by molar-refractivity contribution is -0.105. The Bertz CT molecular complexity index is 145. The Morgan fingerprint density at radius 3 is 2.18 bits per heavy atom. The maximum absolute atomic E-state index is 10.5. The lowest BCUT2D eigenvalue weighted by atomic mass is 9.98. The third kappa shape index (κ3) is 3.97. The molecule has 1 heteroatoms. The van der Waals surface area contributed by atoms with E-state index in [0.29, 0.717) is 11.8 Å². The molecule has 0 aromatic rings. The number of carbonyl (C=O) groups excluding carboxylic acids is 1. The lowest BCUT2D eigenvalue weighted by Gasteiger charge is -2.06. The summed E-state index contributed by atoms with van der Waals surface area (Å²) in [5, 5.41) is 0. The third-order valence-electron chi connectivity index (χ3n) is 1.92. The van der Waals surface area contributed by atoms with Gasteiger partial charge in [0.25, 0.3) is 0 Å². The van der Waals surface area contributed by atoms with Gasteiger partial charge in [-0.25, -0.2) is 0 Å². The van der Waals surface area contributed by atoms with Gasteiger partial charge in [-0.3, -0.25) is 4.79 Å². The predicted molar refractivity (Wildman–Crippen MR) is 48.4 cm³/mol. The van der Waals surface area contributed by atoms with Gasteiger partial charge in [-0.1, -0.05) is 40.2 Å². The van der Waals surface area contributed by atoms with Crippen LogP contribution >= 0.6 is 0 Å². The molecule has 1 unspecified atom stereocenters. The summed E-state index contributed by atoms with van der Waals surface area (Å²) in [5.74, 6) is 0.888. The quantitative estimate of drug-likeness (QED) is 0.449.